The van der Waals surface area contributed by atoms with E-state index in [0.29, 0.717) is 24.7 Å². The second kappa shape index (κ2) is 17.9. The Balaban J connectivity index is 0.000000424. The number of amides is 2. The number of benzene rings is 2. The van der Waals surface area contributed by atoms with E-state index in [-0.39, 0.29) is 5.91 Å². The van der Waals surface area contributed by atoms with E-state index >= 15 is 0 Å². The van der Waals surface area contributed by atoms with Crippen molar-refractivity contribution in [2.45, 2.75) is 74.5 Å². The summed E-state index contributed by atoms with van der Waals surface area (Å²) >= 11 is 6.02. The number of aliphatic imine (C=N–C) groups is 1. The summed E-state index contributed by atoms with van der Waals surface area (Å²) in [4.78, 5) is 28.3. The Kier molecular flexibility index (Phi) is 15.4. The Bertz CT molecular complexity index is 1350. The minimum Gasteiger partial charge on any atom is -0.497 e. The number of hydrogen-bond acceptors (Lipinski definition) is 7. The first-order chi connectivity index (χ1) is 20.4. The van der Waals surface area contributed by atoms with Gasteiger partial charge in [0.05, 0.1) is 18.5 Å². The van der Waals surface area contributed by atoms with E-state index in [1.165, 1.54) is 11.8 Å². The molecule has 0 bridgehead atoms. The van der Waals surface area contributed by atoms with Crippen molar-refractivity contribution in [1.82, 2.24) is 25.0 Å². The molecule has 1 N–H and O–H groups in total. The van der Waals surface area contributed by atoms with Crippen LogP contribution < -0.4 is 10.1 Å². The Morgan fingerprint density at radius 1 is 1.05 bits per heavy atom. The van der Waals surface area contributed by atoms with E-state index in [1.807, 2.05) is 81.7 Å². The summed E-state index contributed by atoms with van der Waals surface area (Å²) in [7, 11) is 3.34. The van der Waals surface area contributed by atoms with Gasteiger partial charge in [-0.3, -0.25) is 14.4 Å². The van der Waals surface area contributed by atoms with Crippen molar-refractivity contribution in [2.24, 2.45) is 4.99 Å². The largest absolute Gasteiger partial charge is 0.497 e. The number of ether oxygens (including phenoxy) is 2. The molecule has 1 aromatic heterocycles. The van der Waals surface area contributed by atoms with Crippen LogP contribution in [0.4, 0.5) is 4.79 Å². The van der Waals surface area contributed by atoms with Crippen molar-refractivity contribution in [3.8, 4) is 11.4 Å². The number of nitrogens with one attached hydrogen (secondary N) is 1. The molecule has 0 saturated carbocycles. The molecule has 10 nitrogen and oxygen atoms in total. The molecule has 4 rings (SSSR count). The summed E-state index contributed by atoms with van der Waals surface area (Å²) in [6.07, 6.45) is -0.459. The van der Waals surface area contributed by atoms with Crippen molar-refractivity contribution >= 4 is 29.3 Å². The fourth-order valence-electron chi connectivity index (χ4n) is 3.74. The zero-order valence-electron chi connectivity index (χ0n) is 27.4. The van der Waals surface area contributed by atoms with Crippen LogP contribution in [-0.4, -0.2) is 70.2 Å². The molecular weight excluding hydrogens is 568 g/mol. The van der Waals surface area contributed by atoms with Gasteiger partial charge < -0.3 is 19.7 Å². The van der Waals surface area contributed by atoms with Gasteiger partial charge in [-0.1, -0.05) is 51.4 Å². The first-order valence-corrected chi connectivity index (χ1v) is 14.9. The minimum absolute atomic E-state index is 0.0269. The molecule has 1 aliphatic heterocycles. The highest BCUT2D eigenvalue weighted by Crippen LogP contribution is 2.29. The number of likely N-dealkylation sites (N-methyl/N-ethyl adjacent to an activating group) is 1. The molecule has 0 atom stereocenters. The number of fused-ring (bicyclic) bond motifs is 3. The van der Waals surface area contributed by atoms with Crippen molar-refractivity contribution in [3.05, 3.63) is 70.3 Å². The molecule has 11 heteroatoms. The van der Waals surface area contributed by atoms with Gasteiger partial charge in [-0.25, -0.2) is 4.79 Å². The molecular formula is C32H47ClN6O4. The van der Waals surface area contributed by atoms with Crippen LogP contribution in [0.5, 0.6) is 5.75 Å². The van der Waals surface area contributed by atoms with Crippen LogP contribution in [-0.2, 0) is 16.1 Å². The number of rotatable bonds is 5. The second-order valence-corrected chi connectivity index (χ2v) is 10.4. The van der Waals surface area contributed by atoms with Gasteiger partial charge >= 0.3 is 6.09 Å². The monoisotopic (exact) mass is 614 g/mol. The summed E-state index contributed by atoms with van der Waals surface area (Å²) in [5.41, 5.74) is 3.39. The smallest absolute Gasteiger partial charge is 0.407 e. The Morgan fingerprint density at radius 2 is 1.67 bits per heavy atom. The van der Waals surface area contributed by atoms with Gasteiger partial charge in [0.1, 0.15) is 23.7 Å². The highest BCUT2D eigenvalue weighted by Gasteiger charge is 2.22. The number of carbonyl (C=O) groups excluding carboxylic acids is 2. The number of aryl methyl sites for hydroxylation is 1. The molecule has 0 radical (unpaired) electrons. The SMILES string of the molecule is CC.CC.CC(=O)N(C)CCNC(=O)OC(C)(C)C.COc1ccc2c(c1)C(c1ccc(Cl)cc1)=NCc1nnc(C)n1-2. The highest BCUT2D eigenvalue weighted by molar-refractivity contribution is 6.30. The number of nitrogens with zero attached hydrogens (tertiary/aromatic N) is 5. The third kappa shape index (κ3) is 11.4. The summed E-state index contributed by atoms with van der Waals surface area (Å²) in [5.74, 6) is 2.41. The molecule has 0 aliphatic carbocycles. The van der Waals surface area contributed by atoms with Crippen molar-refractivity contribution < 1.29 is 19.1 Å². The van der Waals surface area contributed by atoms with Gasteiger partial charge in [-0.15, -0.1) is 10.2 Å². The standard InChI is InChI=1S/C18H15ClN4O.C10H20N2O3.2C2H6/c1-11-21-22-17-10-20-18(12-3-5-13(19)6-4-12)15-9-14(24-2)7-8-16(15)23(11)17;1-8(13)12(5)7-6-11-9(14)15-10(2,3)4;2*1-2/h3-9H,10H2,1-2H3;6-7H2,1-5H3,(H,11,14);2*1-2H3. The van der Waals surface area contributed by atoms with E-state index in [9.17, 15) is 9.59 Å². The molecule has 0 unspecified atom stereocenters. The lowest BCUT2D eigenvalue weighted by Gasteiger charge is -2.20. The van der Waals surface area contributed by atoms with Gasteiger partial charge in [-0.05, 0) is 58.0 Å². The van der Waals surface area contributed by atoms with Crippen LogP contribution in [0.1, 0.15) is 78.2 Å². The summed E-state index contributed by atoms with van der Waals surface area (Å²) in [5, 5.41) is 11.7. The number of alkyl carbamates (subject to hydrolysis) is 1. The summed E-state index contributed by atoms with van der Waals surface area (Å²) < 4.78 is 12.5. The molecule has 2 heterocycles. The normalized spacial score (nSPS) is 11.2. The van der Waals surface area contributed by atoms with E-state index in [1.54, 1.807) is 34.9 Å². The van der Waals surface area contributed by atoms with Gasteiger partial charge in [0.15, 0.2) is 5.82 Å². The Hall–Kier alpha value is -3.92. The Morgan fingerprint density at radius 3 is 2.23 bits per heavy atom. The zero-order valence-corrected chi connectivity index (χ0v) is 28.2. The van der Waals surface area contributed by atoms with Gasteiger partial charge in [0, 0.05) is 43.2 Å². The maximum atomic E-state index is 11.2. The fourth-order valence-corrected chi connectivity index (χ4v) is 3.86. The number of methoxy groups -OCH3 is 1. The van der Waals surface area contributed by atoms with Crippen molar-refractivity contribution in [3.63, 3.8) is 0 Å². The van der Waals surface area contributed by atoms with E-state index in [4.69, 9.17) is 26.1 Å². The third-order valence-corrected chi connectivity index (χ3v) is 5.99. The summed E-state index contributed by atoms with van der Waals surface area (Å²) in [6, 6.07) is 13.6. The molecule has 2 amide bonds. The quantitative estimate of drug-likeness (QED) is 0.345. The maximum Gasteiger partial charge on any atom is 0.407 e. The molecule has 1 aliphatic rings. The van der Waals surface area contributed by atoms with Gasteiger partial charge in [0.2, 0.25) is 5.91 Å². The molecule has 0 spiro atoms. The zero-order chi connectivity index (χ0) is 32.7. The average molecular weight is 615 g/mol. The predicted molar refractivity (Wildman–Crippen MR) is 174 cm³/mol. The third-order valence-electron chi connectivity index (χ3n) is 5.74. The molecule has 236 valence electrons. The van der Waals surface area contributed by atoms with Gasteiger partial charge in [0.25, 0.3) is 0 Å². The Labute approximate surface area is 261 Å². The number of aromatic nitrogens is 3. The molecule has 0 fully saturated rings. The van der Waals surface area contributed by atoms with Crippen molar-refractivity contribution in [1.29, 1.82) is 0 Å². The lowest BCUT2D eigenvalue weighted by Crippen LogP contribution is -2.38. The maximum absolute atomic E-state index is 11.2. The topological polar surface area (TPSA) is 111 Å². The lowest BCUT2D eigenvalue weighted by molar-refractivity contribution is -0.127. The van der Waals surface area contributed by atoms with Crippen LogP contribution in [0.2, 0.25) is 5.02 Å². The predicted octanol–water partition coefficient (Wildman–Crippen LogP) is 6.63. The second-order valence-electron chi connectivity index (χ2n) is 9.92. The molecule has 3 aromatic rings. The van der Waals surface area contributed by atoms with Crippen LogP contribution in [0.3, 0.4) is 0 Å². The van der Waals surface area contributed by atoms with Crippen LogP contribution >= 0.6 is 11.6 Å². The van der Waals surface area contributed by atoms with Crippen LogP contribution in [0.25, 0.3) is 5.69 Å². The lowest BCUT2D eigenvalue weighted by atomic mass is 10.00. The first-order valence-electron chi connectivity index (χ1n) is 14.5. The van der Waals surface area contributed by atoms with E-state index in [0.717, 1.165) is 39.9 Å². The highest BCUT2D eigenvalue weighted by atomic mass is 35.5. The minimum atomic E-state index is -0.490. The number of halogens is 1. The fraction of sp³-hybridized carbons (Fsp3) is 0.469. The number of carbonyl (C=O) groups is 2. The summed E-state index contributed by atoms with van der Waals surface area (Å²) in [6.45, 7) is 18.2. The van der Waals surface area contributed by atoms with E-state index in [2.05, 4.69) is 15.5 Å². The molecule has 0 saturated heterocycles. The molecule has 43 heavy (non-hydrogen) atoms. The average Bonchev–Trinajstić information content (AvgIpc) is 3.26. The van der Waals surface area contributed by atoms with Crippen LogP contribution in [0, 0.1) is 6.92 Å². The van der Waals surface area contributed by atoms with Crippen molar-refractivity contribution in [2.75, 3.05) is 27.2 Å². The molecule has 2 aromatic carbocycles. The van der Waals surface area contributed by atoms with Crippen LogP contribution in [0.15, 0.2) is 47.5 Å². The number of hydrogen-bond donors (Lipinski definition) is 1. The van der Waals surface area contributed by atoms with E-state index < -0.39 is 11.7 Å². The van der Waals surface area contributed by atoms with Gasteiger partial charge in [-0.2, -0.15) is 0 Å². The first kappa shape index (κ1) is 37.1.